The number of nitrogens with zero attached hydrogens (tertiary/aromatic N) is 1. The van der Waals surface area contributed by atoms with Gasteiger partial charge in [0.1, 0.15) is 5.76 Å². The van der Waals surface area contributed by atoms with Crippen molar-refractivity contribution >= 4 is 0 Å². The molecule has 2 N–H and O–H groups in total. The summed E-state index contributed by atoms with van der Waals surface area (Å²) in [5, 5.41) is 6.98. The maximum absolute atomic E-state index is 5.69. The molecule has 2 heterocycles. The average molecular weight is 209 g/mol. The summed E-state index contributed by atoms with van der Waals surface area (Å²) in [7, 11) is 0. The minimum atomic E-state index is -0.136. The van der Waals surface area contributed by atoms with Crippen LogP contribution in [0, 0.1) is 13.8 Å². The summed E-state index contributed by atoms with van der Waals surface area (Å²) < 4.78 is 5.69. The Balaban J connectivity index is 2.31. The molecule has 0 saturated carbocycles. The molecule has 2 unspecified atom stereocenters. The lowest BCUT2D eigenvalue weighted by atomic mass is 9.94. The molecular weight excluding hydrogens is 190 g/mol. The molecule has 84 valence electrons. The van der Waals surface area contributed by atoms with E-state index in [4.69, 9.17) is 4.42 Å². The van der Waals surface area contributed by atoms with Crippen molar-refractivity contribution in [2.45, 2.75) is 39.3 Å². The lowest BCUT2D eigenvalue weighted by molar-refractivity contribution is 0.214. The topological polar surface area (TPSA) is 50.1 Å². The van der Waals surface area contributed by atoms with Gasteiger partial charge in [0.25, 0.3) is 0 Å². The first-order valence-corrected chi connectivity index (χ1v) is 5.44. The predicted octanol–water partition coefficient (Wildman–Crippen LogP) is 1.09. The molecular formula is C11H19N3O. The molecule has 0 aliphatic carbocycles. The summed E-state index contributed by atoms with van der Waals surface area (Å²) in [6.07, 6.45) is 0. The first-order valence-electron chi connectivity index (χ1n) is 5.44. The molecule has 2 atom stereocenters. The van der Waals surface area contributed by atoms with E-state index in [0.717, 1.165) is 30.4 Å². The highest BCUT2D eigenvalue weighted by molar-refractivity contribution is 5.19. The largest absolute Gasteiger partial charge is 0.444 e. The number of nitrogens with one attached hydrogen (secondary N) is 2. The fourth-order valence-corrected chi connectivity index (χ4v) is 2.37. The van der Waals surface area contributed by atoms with E-state index in [2.05, 4.69) is 29.5 Å². The smallest absolute Gasteiger partial charge is 0.191 e. The molecule has 0 spiro atoms. The molecule has 0 radical (unpaired) electrons. The van der Waals surface area contributed by atoms with Gasteiger partial charge in [-0.25, -0.2) is 4.98 Å². The summed E-state index contributed by atoms with van der Waals surface area (Å²) in [6.45, 7) is 10.1. The molecule has 1 aliphatic rings. The molecule has 0 bridgehead atoms. The zero-order chi connectivity index (χ0) is 11.1. The maximum Gasteiger partial charge on any atom is 0.191 e. The number of hydrogen-bond acceptors (Lipinski definition) is 4. The maximum atomic E-state index is 5.69. The second-order valence-corrected chi connectivity index (χ2v) is 4.66. The van der Waals surface area contributed by atoms with Crippen molar-refractivity contribution in [1.29, 1.82) is 0 Å². The van der Waals surface area contributed by atoms with Crippen LogP contribution in [-0.4, -0.2) is 24.1 Å². The van der Waals surface area contributed by atoms with E-state index in [0.29, 0.717) is 6.04 Å². The molecule has 2 rings (SSSR count). The van der Waals surface area contributed by atoms with Crippen molar-refractivity contribution < 1.29 is 4.42 Å². The van der Waals surface area contributed by atoms with E-state index >= 15 is 0 Å². The van der Waals surface area contributed by atoms with Crippen LogP contribution in [0.3, 0.4) is 0 Å². The van der Waals surface area contributed by atoms with Crippen molar-refractivity contribution in [3.05, 3.63) is 17.3 Å². The highest BCUT2D eigenvalue weighted by Gasteiger charge is 2.36. The highest BCUT2D eigenvalue weighted by Crippen LogP contribution is 2.26. The Morgan fingerprint density at radius 3 is 2.73 bits per heavy atom. The Labute approximate surface area is 90.5 Å². The molecule has 0 amide bonds. The summed E-state index contributed by atoms with van der Waals surface area (Å²) in [4.78, 5) is 4.32. The van der Waals surface area contributed by atoms with Gasteiger partial charge >= 0.3 is 0 Å². The molecule has 1 aromatic heterocycles. The van der Waals surface area contributed by atoms with Gasteiger partial charge in [0.15, 0.2) is 5.89 Å². The third kappa shape index (κ3) is 1.92. The zero-order valence-corrected chi connectivity index (χ0v) is 9.85. The Morgan fingerprint density at radius 2 is 2.20 bits per heavy atom. The fraction of sp³-hybridized carbons (Fsp3) is 0.727. The van der Waals surface area contributed by atoms with Crippen LogP contribution in [0.2, 0.25) is 0 Å². The third-order valence-corrected chi connectivity index (χ3v) is 2.90. The van der Waals surface area contributed by atoms with Crippen molar-refractivity contribution in [2.24, 2.45) is 0 Å². The van der Waals surface area contributed by atoms with Crippen LogP contribution in [0.15, 0.2) is 4.42 Å². The first-order chi connectivity index (χ1) is 7.01. The summed E-state index contributed by atoms with van der Waals surface area (Å²) in [6, 6.07) is 0.452. The number of piperazine rings is 1. The molecule has 1 aromatic rings. The molecule has 0 aromatic carbocycles. The van der Waals surface area contributed by atoms with Gasteiger partial charge in [0.05, 0.1) is 11.2 Å². The molecule has 4 heteroatoms. The number of oxazole rings is 1. The van der Waals surface area contributed by atoms with Crippen LogP contribution in [0.1, 0.15) is 31.2 Å². The van der Waals surface area contributed by atoms with E-state index in [1.165, 1.54) is 0 Å². The van der Waals surface area contributed by atoms with Gasteiger partial charge in [-0.2, -0.15) is 0 Å². The minimum absolute atomic E-state index is 0.136. The zero-order valence-electron chi connectivity index (χ0n) is 9.85. The standard InChI is InChI=1S/C11H19N3O/c1-7-5-12-6-11(4,14-7)10-8(2)13-9(3)15-10/h7,12,14H,5-6H2,1-4H3. The van der Waals surface area contributed by atoms with Gasteiger partial charge in [0.2, 0.25) is 0 Å². The summed E-state index contributed by atoms with van der Waals surface area (Å²) in [5.41, 5.74) is 0.849. The molecule has 1 aliphatic heterocycles. The van der Waals surface area contributed by atoms with E-state index in [9.17, 15) is 0 Å². The second kappa shape index (κ2) is 3.61. The second-order valence-electron chi connectivity index (χ2n) is 4.66. The van der Waals surface area contributed by atoms with E-state index in [1.807, 2.05) is 13.8 Å². The molecule has 15 heavy (non-hydrogen) atoms. The van der Waals surface area contributed by atoms with Gasteiger partial charge in [0, 0.05) is 26.1 Å². The number of rotatable bonds is 1. The normalized spacial score (nSPS) is 31.9. The summed E-state index contributed by atoms with van der Waals surface area (Å²) >= 11 is 0. The van der Waals surface area contributed by atoms with Crippen molar-refractivity contribution in [3.63, 3.8) is 0 Å². The number of aryl methyl sites for hydroxylation is 2. The van der Waals surface area contributed by atoms with Crippen LogP contribution < -0.4 is 10.6 Å². The predicted molar refractivity (Wildman–Crippen MR) is 58.8 cm³/mol. The third-order valence-electron chi connectivity index (χ3n) is 2.90. The van der Waals surface area contributed by atoms with Gasteiger partial charge in [-0.1, -0.05) is 0 Å². The van der Waals surface area contributed by atoms with Crippen molar-refractivity contribution in [2.75, 3.05) is 13.1 Å². The SMILES string of the molecule is Cc1nc(C)c(C2(C)CNCC(C)N2)o1. The van der Waals surface area contributed by atoms with Gasteiger partial charge in [-0.15, -0.1) is 0 Å². The van der Waals surface area contributed by atoms with E-state index in [1.54, 1.807) is 0 Å². The van der Waals surface area contributed by atoms with E-state index < -0.39 is 0 Å². The number of hydrogen-bond donors (Lipinski definition) is 2. The first kappa shape index (κ1) is 10.6. The lowest BCUT2D eigenvalue weighted by Gasteiger charge is -2.37. The Hall–Kier alpha value is -0.870. The molecule has 1 saturated heterocycles. The van der Waals surface area contributed by atoms with Crippen molar-refractivity contribution in [1.82, 2.24) is 15.6 Å². The van der Waals surface area contributed by atoms with Crippen LogP contribution in [-0.2, 0) is 5.54 Å². The van der Waals surface area contributed by atoms with Gasteiger partial charge < -0.3 is 15.1 Å². The van der Waals surface area contributed by atoms with Crippen LogP contribution in [0.25, 0.3) is 0 Å². The van der Waals surface area contributed by atoms with Gasteiger partial charge in [-0.3, -0.25) is 0 Å². The van der Waals surface area contributed by atoms with Crippen molar-refractivity contribution in [3.8, 4) is 0 Å². The molecule has 1 fully saturated rings. The lowest BCUT2D eigenvalue weighted by Crippen LogP contribution is -2.59. The quantitative estimate of drug-likeness (QED) is 0.727. The Morgan fingerprint density at radius 1 is 1.47 bits per heavy atom. The fourth-order valence-electron chi connectivity index (χ4n) is 2.37. The van der Waals surface area contributed by atoms with Crippen LogP contribution >= 0.6 is 0 Å². The van der Waals surface area contributed by atoms with Crippen LogP contribution in [0.5, 0.6) is 0 Å². The Bertz CT molecular complexity index is 361. The monoisotopic (exact) mass is 209 g/mol. The van der Waals surface area contributed by atoms with Gasteiger partial charge in [-0.05, 0) is 20.8 Å². The molecule has 4 nitrogen and oxygen atoms in total. The number of aromatic nitrogens is 1. The highest BCUT2D eigenvalue weighted by atomic mass is 16.4. The van der Waals surface area contributed by atoms with E-state index in [-0.39, 0.29) is 5.54 Å². The Kier molecular flexibility index (Phi) is 2.56. The summed E-state index contributed by atoms with van der Waals surface area (Å²) in [5.74, 6) is 1.70. The minimum Gasteiger partial charge on any atom is -0.444 e. The average Bonchev–Trinajstić information content (AvgIpc) is 2.45. The van der Waals surface area contributed by atoms with Crippen LogP contribution in [0.4, 0.5) is 0 Å².